The molecule has 0 radical (unpaired) electrons. The maximum atomic E-state index is 9.81. The van der Waals surface area contributed by atoms with Crippen molar-refractivity contribution in [2.75, 3.05) is 0 Å². The molecule has 0 amide bonds. The van der Waals surface area contributed by atoms with E-state index in [1.54, 1.807) is 18.3 Å². The van der Waals surface area contributed by atoms with Crippen LogP contribution in [-0.4, -0.2) is 10.1 Å². The Bertz CT molecular complexity index is 273. The van der Waals surface area contributed by atoms with Crippen LogP contribution in [-0.2, 0) is 0 Å². The van der Waals surface area contributed by atoms with Crippen molar-refractivity contribution in [1.29, 1.82) is 0 Å². The topological polar surface area (TPSA) is 33.1 Å². The molecule has 1 rings (SSSR count). The molecule has 1 N–H and O–H groups in total. The van der Waals surface area contributed by atoms with Crippen molar-refractivity contribution in [3.63, 3.8) is 0 Å². The average molecular weight is 228 g/mol. The zero-order valence-corrected chi connectivity index (χ0v) is 9.87. The number of aliphatic hydroxyl groups excluding tert-OH is 1. The molecule has 0 spiro atoms. The van der Waals surface area contributed by atoms with Gasteiger partial charge in [-0.05, 0) is 18.6 Å². The second kappa shape index (κ2) is 6.81. The van der Waals surface area contributed by atoms with Crippen molar-refractivity contribution in [3.05, 3.63) is 29.0 Å². The van der Waals surface area contributed by atoms with Gasteiger partial charge in [0.1, 0.15) is 0 Å². The lowest BCUT2D eigenvalue weighted by molar-refractivity contribution is 0.159. The minimum atomic E-state index is -0.445. The second-order valence-electron chi connectivity index (χ2n) is 3.77. The Balaban J connectivity index is 2.33. The van der Waals surface area contributed by atoms with Crippen LogP contribution in [0.4, 0.5) is 0 Å². The van der Waals surface area contributed by atoms with Crippen LogP contribution in [0.1, 0.15) is 50.8 Å². The van der Waals surface area contributed by atoms with E-state index in [4.69, 9.17) is 11.6 Å². The molecule has 1 aromatic heterocycles. The highest BCUT2D eigenvalue weighted by Gasteiger charge is 2.07. The summed E-state index contributed by atoms with van der Waals surface area (Å²) in [5.41, 5.74) is 0.718. The fourth-order valence-corrected chi connectivity index (χ4v) is 1.61. The van der Waals surface area contributed by atoms with E-state index in [1.165, 1.54) is 19.3 Å². The smallest absolute Gasteiger partial charge is 0.0959 e. The summed E-state index contributed by atoms with van der Waals surface area (Å²) in [6.07, 6.45) is 6.61. The monoisotopic (exact) mass is 227 g/mol. The molecular weight excluding hydrogens is 210 g/mol. The number of pyridine rings is 1. The van der Waals surface area contributed by atoms with Crippen molar-refractivity contribution in [2.24, 2.45) is 0 Å². The second-order valence-corrected chi connectivity index (χ2v) is 4.20. The zero-order valence-electron chi connectivity index (χ0n) is 9.12. The summed E-state index contributed by atoms with van der Waals surface area (Å²) in [5, 5.41) is 10.4. The van der Waals surface area contributed by atoms with Gasteiger partial charge in [0.25, 0.3) is 0 Å². The predicted molar refractivity (Wildman–Crippen MR) is 63.0 cm³/mol. The minimum Gasteiger partial charge on any atom is -0.387 e. The fraction of sp³-hybridized carbons (Fsp3) is 0.583. The number of aromatic nitrogens is 1. The number of rotatable bonds is 6. The number of halogens is 1. The molecule has 0 aliphatic rings. The van der Waals surface area contributed by atoms with Crippen LogP contribution >= 0.6 is 11.6 Å². The molecule has 1 unspecified atom stereocenters. The molecule has 15 heavy (non-hydrogen) atoms. The van der Waals surface area contributed by atoms with Crippen LogP contribution in [0.25, 0.3) is 0 Å². The van der Waals surface area contributed by atoms with Gasteiger partial charge in [-0.1, -0.05) is 44.2 Å². The summed E-state index contributed by atoms with van der Waals surface area (Å²) >= 11 is 5.72. The van der Waals surface area contributed by atoms with E-state index in [0.29, 0.717) is 5.02 Å². The van der Waals surface area contributed by atoms with Gasteiger partial charge in [0, 0.05) is 6.20 Å². The van der Waals surface area contributed by atoms with E-state index < -0.39 is 6.10 Å². The molecule has 1 aromatic rings. The lowest BCUT2D eigenvalue weighted by atomic mass is 10.1. The van der Waals surface area contributed by atoms with Crippen molar-refractivity contribution < 1.29 is 5.11 Å². The normalized spacial score (nSPS) is 12.7. The van der Waals surface area contributed by atoms with Crippen molar-refractivity contribution in [3.8, 4) is 0 Å². The quantitative estimate of drug-likeness (QED) is 0.751. The van der Waals surface area contributed by atoms with Gasteiger partial charge in [0.2, 0.25) is 0 Å². The summed E-state index contributed by atoms with van der Waals surface area (Å²) in [6, 6.07) is 3.55. The van der Waals surface area contributed by atoms with E-state index in [2.05, 4.69) is 11.9 Å². The Morgan fingerprint density at radius 2 is 2.13 bits per heavy atom. The number of aliphatic hydroxyl groups is 1. The van der Waals surface area contributed by atoms with Gasteiger partial charge in [-0.2, -0.15) is 0 Å². The highest BCUT2D eigenvalue weighted by atomic mass is 35.5. The maximum absolute atomic E-state index is 9.81. The van der Waals surface area contributed by atoms with Crippen LogP contribution in [0.5, 0.6) is 0 Å². The first-order valence-corrected chi connectivity index (χ1v) is 5.91. The Labute approximate surface area is 96.3 Å². The molecule has 0 aliphatic carbocycles. The molecule has 0 saturated heterocycles. The van der Waals surface area contributed by atoms with Gasteiger partial charge >= 0.3 is 0 Å². The molecule has 0 fully saturated rings. The van der Waals surface area contributed by atoms with Crippen molar-refractivity contribution in [1.82, 2.24) is 4.98 Å². The molecule has 0 aliphatic heterocycles. The number of nitrogens with zero attached hydrogens (tertiary/aromatic N) is 1. The van der Waals surface area contributed by atoms with Gasteiger partial charge in [-0.25, -0.2) is 0 Å². The summed E-state index contributed by atoms with van der Waals surface area (Å²) in [7, 11) is 0. The Hall–Kier alpha value is -0.600. The van der Waals surface area contributed by atoms with E-state index in [9.17, 15) is 5.11 Å². The lowest BCUT2D eigenvalue weighted by Gasteiger charge is -2.09. The molecule has 0 bridgehead atoms. The first kappa shape index (κ1) is 12.5. The third kappa shape index (κ3) is 4.63. The molecule has 1 heterocycles. The highest BCUT2D eigenvalue weighted by molar-refractivity contribution is 6.30. The molecule has 2 nitrogen and oxygen atoms in total. The Kier molecular flexibility index (Phi) is 5.66. The summed E-state index contributed by atoms with van der Waals surface area (Å²) < 4.78 is 0. The van der Waals surface area contributed by atoms with E-state index in [0.717, 1.165) is 18.5 Å². The standard InChI is InChI=1S/C12H18ClNO/c1-2-3-4-5-6-12(15)11-8-7-10(13)9-14-11/h7-9,12,15H,2-6H2,1H3. The first-order chi connectivity index (χ1) is 7.24. The minimum absolute atomic E-state index is 0.445. The number of hydrogen-bond acceptors (Lipinski definition) is 2. The van der Waals surface area contributed by atoms with Gasteiger partial charge in [-0.3, -0.25) is 4.98 Å². The summed E-state index contributed by atoms with van der Waals surface area (Å²) in [6.45, 7) is 2.18. The summed E-state index contributed by atoms with van der Waals surface area (Å²) in [5.74, 6) is 0. The van der Waals surface area contributed by atoms with Gasteiger partial charge < -0.3 is 5.11 Å². The highest BCUT2D eigenvalue weighted by Crippen LogP contribution is 2.19. The molecule has 84 valence electrons. The predicted octanol–water partition coefficient (Wildman–Crippen LogP) is 3.74. The molecule has 0 aromatic carbocycles. The summed E-state index contributed by atoms with van der Waals surface area (Å²) in [4.78, 5) is 4.10. The molecule has 1 atom stereocenters. The largest absolute Gasteiger partial charge is 0.387 e. The van der Waals surface area contributed by atoms with Crippen molar-refractivity contribution >= 4 is 11.6 Å². The number of hydrogen-bond donors (Lipinski definition) is 1. The van der Waals surface area contributed by atoms with Gasteiger partial charge in [-0.15, -0.1) is 0 Å². The van der Waals surface area contributed by atoms with Crippen LogP contribution < -0.4 is 0 Å². The third-order valence-electron chi connectivity index (χ3n) is 2.42. The van der Waals surface area contributed by atoms with Crippen LogP contribution in [0, 0.1) is 0 Å². The van der Waals surface area contributed by atoms with Crippen LogP contribution in [0.2, 0.25) is 5.02 Å². The van der Waals surface area contributed by atoms with E-state index in [-0.39, 0.29) is 0 Å². The Morgan fingerprint density at radius 1 is 1.33 bits per heavy atom. The molecular formula is C12H18ClNO. The van der Waals surface area contributed by atoms with Crippen LogP contribution in [0.15, 0.2) is 18.3 Å². The average Bonchev–Trinajstić information content (AvgIpc) is 2.25. The Morgan fingerprint density at radius 3 is 2.73 bits per heavy atom. The molecule has 3 heteroatoms. The van der Waals surface area contributed by atoms with Crippen molar-refractivity contribution in [2.45, 2.75) is 45.1 Å². The maximum Gasteiger partial charge on any atom is 0.0959 e. The third-order valence-corrected chi connectivity index (χ3v) is 2.65. The number of unbranched alkanes of at least 4 members (excludes halogenated alkanes) is 3. The first-order valence-electron chi connectivity index (χ1n) is 5.53. The molecule has 0 saturated carbocycles. The lowest BCUT2D eigenvalue weighted by Crippen LogP contribution is -1.99. The SMILES string of the molecule is CCCCCCC(O)c1ccc(Cl)cn1. The van der Waals surface area contributed by atoms with Crippen LogP contribution in [0.3, 0.4) is 0 Å². The van der Waals surface area contributed by atoms with E-state index >= 15 is 0 Å². The van der Waals surface area contributed by atoms with Gasteiger partial charge in [0.15, 0.2) is 0 Å². The zero-order chi connectivity index (χ0) is 11.1. The van der Waals surface area contributed by atoms with Gasteiger partial charge in [0.05, 0.1) is 16.8 Å². The van der Waals surface area contributed by atoms with E-state index in [1.807, 2.05) is 0 Å². The fourth-order valence-electron chi connectivity index (χ4n) is 1.50.